The lowest BCUT2D eigenvalue weighted by molar-refractivity contribution is -0.153. The van der Waals surface area contributed by atoms with Gasteiger partial charge in [0.2, 0.25) is 5.91 Å². The zero-order valence-corrected chi connectivity index (χ0v) is 29.7. The molecule has 2 aromatic rings. The van der Waals surface area contributed by atoms with Crippen LogP contribution in [0.25, 0.3) is 0 Å². The summed E-state index contributed by atoms with van der Waals surface area (Å²) >= 11 is 2.49. The first kappa shape index (κ1) is 38.5. The maximum Gasteiger partial charge on any atom is 0.411 e. The molecule has 7 N–H and O–H groups in total. The minimum Gasteiger partial charge on any atom is -0.480 e. The highest BCUT2D eigenvalue weighted by atomic mass is 32.2. The van der Waals surface area contributed by atoms with Crippen molar-refractivity contribution in [2.45, 2.75) is 35.6 Å². The van der Waals surface area contributed by atoms with Crippen LogP contribution in [0.2, 0.25) is 0 Å². The van der Waals surface area contributed by atoms with E-state index in [-0.39, 0.29) is 48.1 Å². The second-order valence-electron chi connectivity index (χ2n) is 11.7. The van der Waals surface area contributed by atoms with Crippen LogP contribution in [0.5, 0.6) is 0 Å². The molecule has 53 heavy (non-hydrogen) atoms. The summed E-state index contributed by atoms with van der Waals surface area (Å²) in [6.07, 6.45) is 0.479. The number of urea groups is 1. The molecule has 0 saturated carbocycles. The van der Waals surface area contributed by atoms with Crippen molar-refractivity contribution in [1.29, 1.82) is 0 Å². The van der Waals surface area contributed by atoms with Crippen LogP contribution in [-0.2, 0) is 40.6 Å². The lowest BCUT2D eigenvalue weighted by atomic mass is 10.0. The SMILES string of the molecule is CCN1CCN(C(=O)N[C@@H](C(=O)N[C@@H]2C(=O)N3C(C(=O)O)=C(CSc4nncn4C)CS[C@@H]23)c2ccc(NC(=O)OC[C@@H](N)C(=O)O)cc2)C(=O)C1=O. The van der Waals surface area contributed by atoms with Crippen molar-refractivity contribution in [3.63, 3.8) is 0 Å². The van der Waals surface area contributed by atoms with Gasteiger partial charge in [0.25, 0.3) is 5.91 Å². The lowest BCUT2D eigenvalue weighted by Gasteiger charge is -2.49. The smallest absolute Gasteiger partial charge is 0.411 e. The molecule has 3 aliphatic rings. The number of amides is 7. The largest absolute Gasteiger partial charge is 0.480 e. The number of rotatable bonds is 13. The van der Waals surface area contributed by atoms with E-state index in [1.165, 1.54) is 59.0 Å². The minimum absolute atomic E-state index is 0.0724. The van der Waals surface area contributed by atoms with Gasteiger partial charge in [-0.3, -0.25) is 39.1 Å². The Kier molecular flexibility index (Phi) is 11.9. The van der Waals surface area contributed by atoms with Gasteiger partial charge >= 0.3 is 35.9 Å². The molecule has 0 aliphatic carbocycles. The predicted octanol–water partition coefficient (Wildman–Crippen LogP) is -1.25. The van der Waals surface area contributed by atoms with Gasteiger partial charge in [0.1, 0.15) is 42.1 Å². The Hall–Kier alpha value is -5.68. The number of carboxylic acids is 2. The number of ether oxygens (including phenoxy) is 1. The van der Waals surface area contributed by atoms with Gasteiger partial charge in [-0.1, -0.05) is 23.9 Å². The quantitative estimate of drug-likeness (QED) is 0.0787. The summed E-state index contributed by atoms with van der Waals surface area (Å²) in [5, 5.41) is 33.9. The molecule has 2 saturated heterocycles. The Balaban J connectivity index is 1.32. The number of carboxylic acid groups (broad SMARTS) is 2. The summed E-state index contributed by atoms with van der Waals surface area (Å²) in [6, 6.07) is 0.144. The van der Waals surface area contributed by atoms with Gasteiger partial charge in [-0.25, -0.2) is 14.4 Å². The molecule has 4 atom stereocenters. The second kappa shape index (κ2) is 16.3. The average molecular weight is 775 g/mol. The number of anilines is 1. The maximum atomic E-state index is 13.9. The molecule has 23 heteroatoms. The van der Waals surface area contributed by atoms with Crippen LogP contribution >= 0.6 is 23.5 Å². The summed E-state index contributed by atoms with van der Waals surface area (Å²) in [6.45, 7) is 1.24. The number of carbonyl (C=O) groups is 8. The van der Waals surface area contributed by atoms with Gasteiger partial charge in [0.05, 0.1) is 0 Å². The van der Waals surface area contributed by atoms with E-state index in [9.17, 15) is 43.5 Å². The molecule has 5 rings (SSSR count). The highest BCUT2D eigenvalue weighted by Gasteiger charge is 2.54. The Labute approximate surface area is 308 Å². The Bertz CT molecular complexity index is 1870. The van der Waals surface area contributed by atoms with E-state index in [1.807, 2.05) is 0 Å². The molecule has 7 amide bonds. The van der Waals surface area contributed by atoms with E-state index in [2.05, 4.69) is 26.1 Å². The number of aromatic nitrogens is 3. The van der Waals surface area contributed by atoms with E-state index in [4.69, 9.17) is 15.6 Å². The van der Waals surface area contributed by atoms with Gasteiger partial charge in [-0.15, -0.1) is 22.0 Å². The molecule has 282 valence electrons. The van der Waals surface area contributed by atoms with Gasteiger partial charge in [0, 0.05) is 43.9 Å². The Morgan fingerprint density at radius 2 is 1.81 bits per heavy atom. The van der Waals surface area contributed by atoms with Gasteiger partial charge in [-0.2, -0.15) is 0 Å². The van der Waals surface area contributed by atoms with Gasteiger partial charge < -0.3 is 40.8 Å². The summed E-state index contributed by atoms with van der Waals surface area (Å²) in [7, 11) is 1.73. The number of nitrogens with two attached hydrogens (primary N) is 1. The van der Waals surface area contributed by atoms with Crippen LogP contribution in [0.4, 0.5) is 15.3 Å². The standard InChI is InChI=1S/C30H34N10O11S2/c1-3-38-8-9-39(24(44)23(38)43)28(49)35-18(14-4-6-16(7-5-14)33-30(50)51-10-17(31)26(45)46)21(41)34-19-22(42)40-20(27(47)48)15(11-52-25(19)40)12-53-29-36-32-13-37(29)2/h4-7,13,17-19,25H,3,8-12,31H2,1-2H3,(H,33,50)(H,34,41)(H,35,49)(H,45,46)(H,47,48)/t17-,18-,19-,25+/m1/s1. The Morgan fingerprint density at radius 3 is 2.43 bits per heavy atom. The summed E-state index contributed by atoms with van der Waals surface area (Å²) in [4.78, 5) is 104. The number of hydrogen-bond donors (Lipinski definition) is 6. The third-order valence-electron chi connectivity index (χ3n) is 8.26. The number of hydrogen-bond acceptors (Lipinski definition) is 14. The van der Waals surface area contributed by atoms with Crippen molar-refractivity contribution >= 4 is 76.9 Å². The van der Waals surface area contributed by atoms with E-state index < -0.39 is 77.8 Å². The number of carbonyl (C=O) groups excluding carboxylic acids is 6. The van der Waals surface area contributed by atoms with Gasteiger partial charge in [-0.05, 0) is 30.2 Å². The number of β-lactam (4-membered cyclic amide) rings is 1. The van der Waals surface area contributed by atoms with Crippen molar-refractivity contribution in [3.05, 3.63) is 47.4 Å². The maximum absolute atomic E-state index is 13.9. The predicted molar refractivity (Wildman–Crippen MR) is 184 cm³/mol. The first-order valence-corrected chi connectivity index (χ1v) is 17.9. The van der Waals surface area contributed by atoms with Crippen molar-refractivity contribution in [2.75, 3.05) is 43.1 Å². The minimum atomic E-state index is -1.55. The zero-order chi connectivity index (χ0) is 38.6. The van der Waals surface area contributed by atoms with Crippen LogP contribution in [0, 0.1) is 0 Å². The number of imide groups is 1. The molecular weight excluding hydrogens is 741 g/mol. The second-order valence-corrected chi connectivity index (χ2v) is 13.7. The molecule has 0 unspecified atom stereocenters. The number of aryl methyl sites for hydroxylation is 1. The monoisotopic (exact) mass is 774 g/mol. The number of aliphatic carboxylic acids is 2. The lowest BCUT2D eigenvalue weighted by Crippen LogP contribution is -2.71. The number of nitrogens with zero attached hydrogens (tertiary/aromatic N) is 6. The third kappa shape index (κ3) is 8.36. The topological polar surface area (TPSA) is 289 Å². The third-order valence-corrected chi connectivity index (χ3v) is 10.7. The van der Waals surface area contributed by atoms with Crippen LogP contribution in [-0.4, -0.2) is 143 Å². The number of benzene rings is 1. The summed E-state index contributed by atoms with van der Waals surface area (Å²) < 4.78 is 6.45. The van der Waals surface area contributed by atoms with Crippen molar-refractivity contribution in [1.82, 2.24) is 40.1 Å². The zero-order valence-electron chi connectivity index (χ0n) is 28.1. The molecule has 1 aromatic carbocycles. The van der Waals surface area contributed by atoms with E-state index in [1.54, 1.807) is 18.5 Å². The normalized spacial score (nSPS) is 19.5. The van der Waals surface area contributed by atoms with Gasteiger partial charge in [0.15, 0.2) is 5.16 Å². The number of thioether (sulfide) groups is 2. The van der Waals surface area contributed by atoms with E-state index in [0.29, 0.717) is 15.6 Å². The van der Waals surface area contributed by atoms with Crippen LogP contribution in [0.1, 0.15) is 18.5 Å². The highest BCUT2D eigenvalue weighted by Crippen LogP contribution is 2.41. The molecular formula is C30H34N10O11S2. The van der Waals surface area contributed by atoms with Crippen molar-refractivity contribution < 1.29 is 53.3 Å². The first-order chi connectivity index (χ1) is 25.2. The van der Waals surface area contributed by atoms with Crippen molar-refractivity contribution in [2.24, 2.45) is 12.8 Å². The first-order valence-electron chi connectivity index (χ1n) is 15.8. The van der Waals surface area contributed by atoms with Crippen LogP contribution in [0.15, 0.2) is 47.0 Å². The number of nitrogens with one attached hydrogen (secondary N) is 3. The number of piperazine rings is 1. The molecule has 0 spiro atoms. The fraction of sp³-hybridized carbons (Fsp3) is 0.400. The fourth-order valence-electron chi connectivity index (χ4n) is 5.41. The van der Waals surface area contributed by atoms with Crippen LogP contribution in [0.3, 0.4) is 0 Å². The molecule has 4 heterocycles. The van der Waals surface area contributed by atoms with Crippen molar-refractivity contribution in [3.8, 4) is 0 Å². The summed E-state index contributed by atoms with van der Waals surface area (Å²) in [5.41, 5.74) is 5.88. The molecule has 2 fully saturated rings. The average Bonchev–Trinajstić information content (AvgIpc) is 3.55. The molecule has 0 bridgehead atoms. The number of likely N-dealkylation sites (N-methyl/N-ethyl adjacent to an activating group) is 1. The van der Waals surface area contributed by atoms with E-state index >= 15 is 0 Å². The van der Waals surface area contributed by atoms with Crippen LogP contribution < -0.4 is 21.7 Å². The number of fused-ring (bicyclic) bond motifs is 1. The molecule has 1 aromatic heterocycles. The molecule has 0 radical (unpaired) electrons. The van der Waals surface area contributed by atoms with E-state index in [0.717, 1.165) is 4.90 Å². The summed E-state index contributed by atoms with van der Waals surface area (Å²) in [5.74, 6) is -5.83. The highest BCUT2D eigenvalue weighted by molar-refractivity contribution is 8.01. The Morgan fingerprint density at radius 1 is 1.09 bits per heavy atom. The molecule has 3 aliphatic heterocycles. The fourth-order valence-corrected chi connectivity index (χ4v) is 7.78. The molecule has 21 nitrogen and oxygen atoms in total.